The van der Waals surface area contributed by atoms with Gasteiger partial charge in [-0.1, -0.05) is 15.9 Å². The monoisotopic (exact) mass is 321 g/mol. The Morgan fingerprint density at radius 3 is 2.29 bits per heavy atom. The molecule has 1 aromatic rings. The number of benzene rings is 1. The Labute approximate surface area is 110 Å². The van der Waals surface area contributed by atoms with Crippen molar-refractivity contribution in [2.24, 2.45) is 0 Å². The van der Waals surface area contributed by atoms with E-state index in [9.17, 15) is 8.42 Å². The van der Waals surface area contributed by atoms with Crippen molar-refractivity contribution in [2.45, 2.75) is 20.3 Å². The Balaban J connectivity index is 2.89. The molecule has 0 fully saturated rings. The van der Waals surface area contributed by atoms with Crippen LogP contribution in [0.4, 0.5) is 5.69 Å². The number of aliphatic hydroxyl groups is 1. The summed E-state index contributed by atoms with van der Waals surface area (Å²) in [4.78, 5) is 0. The molecule has 17 heavy (non-hydrogen) atoms. The van der Waals surface area contributed by atoms with Crippen LogP contribution in [0.2, 0.25) is 0 Å². The van der Waals surface area contributed by atoms with E-state index in [0.29, 0.717) is 5.69 Å². The van der Waals surface area contributed by atoms with Crippen molar-refractivity contribution in [1.29, 1.82) is 0 Å². The summed E-state index contributed by atoms with van der Waals surface area (Å²) in [6.07, 6.45) is 0.240. The van der Waals surface area contributed by atoms with E-state index < -0.39 is 10.0 Å². The first-order valence-electron chi connectivity index (χ1n) is 5.24. The van der Waals surface area contributed by atoms with E-state index in [1.807, 2.05) is 13.8 Å². The van der Waals surface area contributed by atoms with Crippen LogP contribution >= 0.6 is 15.9 Å². The van der Waals surface area contributed by atoms with Crippen LogP contribution in [0.5, 0.6) is 0 Å². The fourth-order valence-electron chi connectivity index (χ4n) is 1.49. The van der Waals surface area contributed by atoms with Crippen molar-refractivity contribution in [1.82, 2.24) is 0 Å². The van der Waals surface area contributed by atoms with Gasteiger partial charge in [-0.15, -0.1) is 0 Å². The Kier molecular flexibility index (Phi) is 4.97. The molecule has 0 radical (unpaired) electrons. The van der Waals surface area contributed by atoms with Gasteiger partial charge in [0.15, 0.2) is 0 Å². The third kappa shape index (κ3) is 4.29. The van der Waals surface area contributed by atoms with E-state index in [-0.39, 0.29) is 18.8 Å². The van der Waals surface area contributed by atoms with Gasteiger partial charge >= 0.3 is 0 Å². The van der Waals surface area contributed by atoms with Gasteiger partial charge in [-0.05, 0) is 43.5 Å². The smallest absolute Gasteiger partial charge is 0.232 e. The highest BCUT2D eigenvalue weighted by Crippen LogP contribution is 2.25. The first-order valence-corrected chi connectivity index (χ1v) is 7.68. The molecule has 2 N–H and O–H groups in total. The van der Waals surface area contributed by atoms with Crippen molar-refractivity contribution in [3.63, 3.8) is 0 Å². The summed E-state index contributed by atoms with van der Waals surface area (Å²) in [6, 6.07) is 3.54. The standard InChI is InChI=1S/C11H16BrNO3S/c1-8-6-10(7-9(2)11(8)12)13-17(15,16)5-3-4-14/h6-7,13-14H,3-5H2,1-2H3. The third-order valence-electron chi connectivity index (χ3n) is 2.28. The molecule has 1 aromatic carbocycles. The molecule has 0 amide bonds. The van der Waals surface area contributed by atoms with Gasteiger partial charge in [-0.2, -0.15) is 0 Å². The zero-order valence-corrected chi connectivity index (χ0v) is 12.2. The highest BCUT2D eigenvalue weighted by molar-refractivity contribution is 9.10. The third-order valence-corrected chi connectivity index (χ3v) is 4.90. The number of hydrogen-bond donors (Lipinski definition) is 2. The number of nitrogens with one attached hydrogen (secondary N) is 1. The summed E-state index contributed by atoms with van der Waals surface area (Å²) >= 11 is 3.42. The highest BCUT2D eigenvalue weighted by Gasteiger charge is 2.11. The van der Waals surface area contributed by atoms with Crippen LogP contribution < -0.4 is 4.72 Å². The summed E-state index contributed by atoms with van der Waals surface area (Å²) in [6.45, 7) is 3.69. The number of aliphatic hydroxyl groups excluding tert-OH is 1. The fourth-order valence-corrected chi connectivity index (χ4v) is 2.81. The van der Waals surface area contributed by atoms with Crippen molar-refractivity contribution in [3.05, 3.63) is 27.7 Å². The fraction of sp³-hybridized carbons (Fsp3) is 0.455. The predicted octanol–water partition coefficient (Wildman–Crippen LogP) is 2.19. The number of rotatable bonds is 5. The average molecular weight is 322 g/mol. The molecular weight excluding hydrogens is 306 g/mol. The molecule has 6 heteroatoms. The summed E-state index contributed by atoms with van der Waals surface area (Å²) in [5.74, 6) is -0.0718. The zero-order valence-electron chi connectivity index (χ0n) is 9.83. The number of aryl methyl sites for hydroxylation is 2. The normalized spacial score (nSPS) is 11.5. The summed E-state index contributed by atoms with van der Waals surface area (Å²) in [5, 5.41) is 8.62. The van der Waals surface area contributed by atoms with E-state index in [0.717, 1.165) is 15.6 Å². The minimum atomic E-state index is -3.37. The van der Waals surface area contributed by atoms with Crippen LogP contribution in [0.25, 0.3) is 0 Å². The molecule has 0 aromatic heterocycles. The zero-order chi connectivity index (χ0) is 13.1. The lowest BCUT2D eigenvalue weighted by Gasteiger charge is -2.10. The molecule has 0 spiro atoms. The van der Waals surface area contributed by atoms with Crippen molar-refractivity contribution >= 4 is 31.6 Å². The quantitative estimate of drug-likeness (QED) is 0.873. The largest absolute Gasteiger partial charge is 0.396 e. The Hall–Kier alpha value is -0.590. The minimum absolute atomic E-state index is 0.0718. The van der Waals surface area contributed by atoms with Crippen molar-refractivity contribution in [3.8, 4) is 0 Å². The van der Waals surface area contributed by atoms with Gasteiger partial charge in [-0.25, -0.2) is 8.42 Å². The van der Waals surface area contributed by atoms with E-state index in [1.54, 1.807) is 12.1 Å². The topological polar surface area (TPSA) is 66.4 Å². The van der Waals surface area contributed by atoms with E-state index in [4.69, 9.17) is 5.11 Å². The van der Waals surface area contributed by atoms with Crippen LogP contribution in [0, 0.1) is 13.8 Å². The average Bonchev–Trinajstić information content (AvgIpc) is 2.22. The molecule has 0 heterocycles. The number of anilines is 1. The second-order valence-electron chi connectivity index (χ2n) is 3.92. The molecule has 0 saturated carbocycles. The summed E-state index contributed by atoms with van der Waals surface area (Å²) < 4.78 is 26.7. The molecule has 0 bridgehead atoms. The van der Waals surface area contributed by atoms with E-state index >= 15 is 0 Å². The minimum Gasteiger partial charge on any atom is -0.396 e. The number of sulfonamides is 1. The van der Waals surface area contributed by atoms with Crippen LogP contribution in [-0.2, 0) is 10.0 Å². The maximum Gasteiger partial charge on any atom is 0.232 e. The van der Waals surface area contributed by atoms with Crippen LogP contribution in [-0.4, -0.2) is 25.9 Å². The lowest BCUT2D eigenvalue weighted by atomic mass is 10.1. The SMILES string of the molecule is Cc1cc(NS(=O)(=O)CCCO)cc(C)c1Br. The Morgan fingerprint density at radius 1 is 1.29 bits per heavy atom. The molecular formula is C11H16BrNO3S. The first kappa shape index (κ1) is 14.5. The Morgan fingerprint density at radius 2 is 1.82 bits per heavy atom. The molecule has 0 aliphatic rings. The summed E-state index contributed by atoms with van der Waals surface area (Å²) in [7, 11) is -3.37. The molecule has 0 aliphatic carbocycles. The lowest BCUT2D eigenvalue weighted by molar-refractivity contribution is 0.295. The number of hydrogen-bond acceptors (Lipinski definition) is 3. The second-order valence-corrected chi connectivity index (χ2v) is 6.56. The summed E-state index contributed by atoms with van der Waals surface area (Å²) in [5.41, 5.74) is 2.51. The van der Waals surface area contributed by atoms with Gasteiger partial charge in [0, 0.05) is 16.8 Å². The Bertz CT molecular complexity index is 476. The van der Waals surface area contributed by atoms with Crippen LogP contribution in [0.15, 0.2) is 16.6 Å². The maximum absolute atomic E-state index is 11.6. The molecule has 0 aliphatic heterocycles. The van der Waals surface area contributed by atoms with Crippen LogP contribution in [0.1, 0.15) is 17.5 Å². The maximum atomic E-state index is 11.6. The molecule has 96 valence electrons. The van der Waals surface area contributed by atoms with E-state index in [2.05, 4.69) is 20.7 Å². The van der Waals surface area contributed by atoms with Gasteiger partial charge in [-0.3, -0.25) is 4.72 Å². The lowest BCUT2D eigenvalue weighted by Crippen LogP contribution is -2.17. The van der Waals surface area contributed by atoms with Gasteiger partial charge in [0.2, 0.25) is 10.0 Å². The predicted molar refractivity (Wildman–Crippen MR) is 72.7 cm³/mol. The van der Waals surface area contributed by atoms with Gasteiger partial charge in [0.25, 0.3) is 0 Å². The van der Waals surface area contributed by atoms with Gasteiger partial charge in [0.1, 0.15) is 0 Å². The molecule has 0 saturated heterocycles. The van der Waals surface area contributed by atoms with Gasteiger partial charge in [0.05, 0.1) is 5.75 Å². The first-order chi connectivity index (χ1) is 7.85. The molecule has 0 atom stereocenters. The van der Waals surface area contributed by atoms with Gasteiger partial charge < -0.3 is 5.11 Å². The second kappa shape index (κ2) is 5.84. The van der Waals surface area contributed by atoms with E-state index in [1.165, 1.54) is 0 Å². The molecule has 4 nitrogen and oxygen atoms in total. The molecule has 1 rings (SSSR count). The van der Waals surface area contributed by atoms with Crippen molar-refractivity contribution in [2.75, 3.05) is 17.1 Å². The highest BCUT2D eigenvalue weighted by atomic mass is 79.9. The van der Waals surface area contributed by atoms with Crippen LogP contribution in [0.3, 0.4) is 0 Å². The molecule has 0 unspecified atom stereocenters. The van der Waals surface area contributed by atoms with Crippen molar-refractivity contribution < 1.29 is 13.5 Å². The number of halogens is 1.